The minimum Gasteiger partial charge on any atom is -0.443 e. The van der Waals surface area contributed by atoms with Gasteiger partial charge in [0, 0.05) is 25.3 Å². The van der Waals surface area contributed by atoms with Crippen molar-refractivity contribution in [1.29, 1.82) is 5.26 Å². The van der Waals surface area contributed by atoms with Crippen molar-refractivity contribution >= 4 is 11.8 Å². The molecule has 0 saturated carbocycles. The van der Waals surface area contributed by atoms with E-state index < -0.39 is 5.91 Å². The molecule has 6 heteroatoms. The van der Waals surface area contributed by atoms with Gasteiger partial charge >= 0.3 is 5.91 Å². The van der Waals surface area contributed by atoms with Crippen molar-refractivity contribution in [1.82, 2.24) is 10.2 Å². The molecule has 1 aliphatic rings. The molecule has 1 amide bonds. The molecule has 1 fully saturated rings. The first kappa shape index (κ1) is 12.8. The fourth-order valence-electron chi connectivity index (χ4n) is 1.52. The Morgan fingerprint density at radius 3 is 2.94 bits per heavy atom. The molecule has 17 heavy (non-hydrogen) atoms. The normalized spacial score (nSPS) is 19.4. The zero-order chi connectivity index (χ0) is 12.7. The topological polar surface area (TPSA) is 77.7 Å². The molecule has 0 unspecified atom stereocenters. The molecule has 1 rings (SSSR count). The van der Waals surface area contributed by atoms with E-state index in [-0.39, 0.29) is 11.9 Å². The molecule has 1 atom stereocenters. The molecule has 0 spiro atoms. The van der Waals surface area contributed by atoms with Gasteiger partial charge in [-0.05, 0) is 6.42 Å². The first-order valence-electron chi connectivity index (χ1n) is 5.13. The van der Waals surface area contributed by atoms with Gasteiger partial charge in [0.25, 0.3) is 5.90 Å². The molecule has 1 N–H and O–H groups in total. The summed E-state index contributed by atoms with van der Waals surface area (Å²) in [6.07, 6.45) is 5.11. The Kier molecular flexibility index (Phi) is 4.76. The summed E-state index contributed by atoms with van der Waals surface area (Å²) in [5, 5.41) is 11.4. The van der Waals surface area contributed by atoms with E-state index in [4.69, 9.17) is 10.00 Å². The summed E-state index contributed by atoms with van der Waals surface area (Å²) >= 11 is 0. The Hall–Kier alpha value is -2.29. The Morgan fingerprint density at radius 2 is 2.41 bits per heavy atom. The van der Waals surface area contributed by atoms with Gasteiger partial charge in [0.2, 0.25) is 0 Å². The second kappa shape index (κ2) is 6.33. The van der Waals surface area contributed by atoms with Gasteiger partial charge in [-0.1, -0.05) is 13.2 Å². The predicted molar refractivity (Wildman–Crippen MR) is 62.6 cm³/mol. The van der Waals surface area contributed by atoms with Crippen molar-refractivity contribution < 1.29 is 9.53 Å². The van der Waals surface area contributed by atoms with Crippen LogP contribution in [0.25, 0.3) is 0 Å². The molecule has 0 radical (unpaired) electrons. The molecule has 0 aliphatic carbocycles. The van der Waals surface area contributed by atoms with Gasteiger partial charge in [-0.25, -0.2) is 4.99 Å². The Morgan fingerprint density at radius 1 is 1.65 bits per heavy atom. The van der Waals surface area contributed by atoms with Crippen molar-refractivity contribution in [2.24, 2.45) is 4.99 Å². The number of aliphatic imine (C=N–C) groups is 1. The third-order valence-electron chi connectivity index (χ3n) is 2.26. The van der Waals surface area contributed by atoms with Crippen LogP contribution in [0.2, 0.25) is 0 Å². The number of rotatable bonds is 3. The van der Waals surface area contributed by atoms with E-state index in [1.165, 1.54) is 6.20 Å². The van der Waals surface area contributed by atoms with E-state index >= 15 is 0 Å². The highest BCUT2D eigenvalue weighted by molar-refractivity contribution is 6.35. The summed E-state index contributed by atoms with van der Waals surface area (Å²) in [4.78, 5) is 17.0. The van der Waals surface area contributed by atoms with E-state index in [2.05, 4.69) is 23.5 Å². The van der Waals surface area contributed by atoms with Crippen LogP contribution in [-0.2, 0) is 9.53 Å². The van der Waals surface area contributed by atoms with E-state index in [1.54, 1.807) is 4.90 Å². The standard InChI is InChI=1S/C11H14N4O2/c1-3-13-11(17-4-2)10(16)14-9-5-6-15(7-9)8-12/h3-4,9H,1-2,5-7H2,(H,14,16)/t9-/m1/s1. The van der Waals surface area contributed by atoms with Gasteiger partial charge in [0.1, 0.15) is 0 Å². The lowest BCUT2D eigenvalue weighted by atomic mass is 10.2. The van der Waals surface area contributed by atoms with Gasteiger partial charge in [-0.15, -0.1) is 0 Å². The molecular formula is C11H14N4O2. The maximum Gasteiger partial charge on any atom is 0.307 e. The fourth-order valence-corrected chi connectivity index (χ4v) is 1.52. The van der Waals surface area contributed by atoms with Crippen molar-refractivity contribution in [3.8, 4) is 6.19 Å². The fraction of sp³-hybridized carbons (Fsp3) is 0.364. The second-order valence-electron chi connectivity index (χ2n) is 3.41. The van der Waals surface area contributed by atoms with Crippen LogP contribution in [0, 0.1) is 11.5 Å². The van der Waals surface area contributed by atoms with Gasteiger partial charge < -0.3 is 15.0 Å². The highest BCUT2D eigenvalue weighted by Gasteiger charge is 2.24. The number of nitriles is 1. The van der Waals surface area contributed by atoms with Crippen LogP contribution in [0.5, 0.6) is 0 Å². The monoisotopic (exact) mass is 234 g/mol. The Bertz CT molecular complexity index is 383. The largest absolute Gasteiger partial charge is 0.443 e. The quantitative estimate of drug-likeness (QED) is 0.331. The summed E-state index contributed by atoms with van der Waals surface area (Å²) in [5.41, 5.74) is 0. The van der Waals surface area contributed by atoms with Gasteiger partial charge in [0.05, 0.1) is 6.26 Å². The number of amides is 1. The Labute approximate surface area is 99.9 Å². The molecule has 1 saturated heterocycles. The zero-order valence-electron chi connectivity index (χ0n) is 9.43. The van der Waals surface area contributed by atoms with E-state index in [0.29, 0.717) is 13.1 Å². The molecule has 0 aromatic carbocycles. The van der Waals surface area contributed by atoms with Crippen molar-refractivity contribution in [2.45, 2.75) is 12.5 Å². The van der Waals surface area contributed by atoms with Crippen molar-refractivity contribution in [2.75, 3.05) is 13.1 Å². The third-order valence-corrected chi connectivity index (χ3v) is 2.26. The lowest BCUT2D eigenvalue weighted by Crippen LogP contribution is -2.40. The number of nitrogens with one attached hydrogen (secondary N) is 1. The minimum absolute atomic E-state index is 0.0643. The van der Waals surface area contributed by atoms with Crippen LogP contribution in [-0.4, -0.2) is 35.8 Å². The van der Waals surface area contributed by atoms with Crippen molar-refractivity contribution in [3.63, 3.8) is 0 Å². The smallest absolute Gasteiger partial charge is 0.307 e. The molecule has 6 nitrogen and oxygen atoms in total. The van der Waals surface area contributed by atoms with Gasteiger partial charge in [-0.2, -0.15) is 5.26 Å². The average molecular weight is 234 g/mol. The summed E-state index contributed by atoms with van der Waals surface area (Å²) in [7, 11) is 0. The number of carbonyl (C=O) groups is 1. The SMILES string of the molecule is C=CN=C(OC=C)C(=O)N[C@@H]1CCN(C#N)C1. The van der Waals surface area contributed by atoms with Gasteiger partial charge in [0.15, 0.2) is 6.19 Å². The van der Waals surface area contributed by atoms with E-state index in [1.807, 2.05) is 6.19 Å². The number of likely N-dealkylation sites (tertiary alicyclic amines) is 1. The molecule has 0 aromatic rings. The number of ether oxygens (including phenoxy) is 1. The van der Waals surface area contributed by atoms with Crippen LogP contribution in [0.4, 0.5) is 0 Å². The number of hydrogen-bond donors (Lipinski definition) is 1. The molecule has 1 aliphatic heterocycles. The molecular weight excluding hydrogens is 220 g/mol. The Balaban J connectivity index is 2.54. The molecule has 0 aromatic heterocycles. The molecule has 0 bridgehead atoms. The maximum absolute atomic E-state index is 11.7. The number of carbonyl (C=O) groups excluding carboxylic acids is 1. The van der Waals surface area contributed by atoms with E-state index in [9.17, 15) is 4.79 Å². The predicted octanol–water partition coefficient (Wildman–Crippen LogP) is 0.360. The third kappa shape index (κ3) is 3.65. The van der Waals surface area contributed by atoms with Crippen LogP contribution in [0.1, 0.15) is 6.42 Å². The zero-order valence-corrected chi connectivity index (χ0v) is 9.43. The van der Waals surface area contributed by atoms with Crippen LogP contribution in [0.3, 0.4) is 0 Å². The first-order chi connectivity index (χ1) is 8.21. The summed E-state index contributed by atoms with van der Waals surface area (Å²) in [6, 6.07) is -0.0643. The first-order valence-corrected chi connectivity index (χ1v) is 5.13. The highest BCUT2D eigenvalue weighted by atomic mass is 16.5. The summed E-state index contributed by atoms with van der Waals surface area (Å²) in [5.74, 6) is -0.542. The highest BCUT2D eigenvalue weighted by Crippen LogP contribution is 2.07. The molecule has 90 valence electrons. The number of nitrogens with zero attached hydrogens (tertiary/aromatic N) is 3. The molecule has 1 heterocycles. The minimum atomic E-state index is -0.436. The summed E-state index contributed by atoms with van der Waals surface area (Å²) in [6.45, 7) is 7.90. The van der Waals surface area contributed by atoms with Gasteiger partial charge in [-0.3, -0.25) is 4.79 Å². The maximum atomic E-state index is 11.7. The van der Waals surface area contributed by atoms with E-state index in [0.717, 1.165) is 12.7 Å². The average Bonchev–Trinajstić information content (AvgIpc) is 2.76. The van der Waals surface area contributed by atoms with Crippen LogP contribution < -0.4 is 5.32 Å². The summed E-state index contributed by atoms with van der Waals surface area (Å²) < 4.78 is 4.86. The number of hydrogen-bond acceptors (Lipinski definition) is 5. The van der Waals surface area contributed by atoms with Crippen LogP contribution >= 0.6 is 0 Å². The van der Waals surface area contributed by atoms with Crippen LogP contribution in [0.15, 0.2) is 30.6 Å². The van der Waals surface area contributed by atoms with Crippen molar-refractivity contribution in [3.05, 3.63) is 25.6 Å². The lowest BCUT2D eigenvalue weighted by molar-refractivity contribution is -0.116. The lowest BCUT2D eigenvalue weighted by Gasteiger charge is -2.12. The second-order valence-corrected chi connectivity index (χ2v) is 3.41.